The fourth-order valence-corrected chi connectivity index (χ4v) is 3.52. The molecule has 0 spiro atoms. The van der Waals surface area contributed by atoms with Gasteiger partial charge in [0.15, 0.2) is 0 Å². The van der Waals surface area contributed by atoms with Gasteiger partial charge in [0.25, 0.3) is 0 Å². The summed E-state index contributed by atoms with van der Waals surface area (Å²) in [7, 11) is 0. The molecule has 19 heavy (non-hydrogen) atoms. The quantitative estimate of drug-likeness (QED) is 0.863. The van der Waals surface area contributed by atoms with Crippen molar-refractivity contribution in [3.05, 3.63) is 18.2 Å². The lowest BCUT2D eigenvalue weighted by molar-refractivity contribution is -0.133. The molecule has 0 bridgehead atoms. The van der Waals surface area contributed by atoms with E-state index in [1.807, 2.05) is 0 Å². The van der Waals surface area contributed by atoms with E-state index < -0.39 is 0 Å². The average Bonchev–Trinajstić information content (AvgIpc) is 3.15. The molecule has 5 nitrogen and oxygen atoms in total. The first-order chi connectivity index (χ1) is 9.31. The van der Waals surface area contributed by atoms with Gasteiger partial charge in [-0.25, -0.2) is 4.98 Å². The zero-order valence-electron chi connectivity index (χ0n) is 11.3. The Morgan fingerprint density at radius 1 is 1.32 bits per heavy atom. The van der Waals surface area contributed by atoms with Gasteiger partial charge in [-0.3, -0.25) is 9.69 Å². The van der Waals surface area contributed by atoms with Crippen LogP contribution in [-0.4, -0.2) is 39.4 Å². The predicted molar refractivity (Wildman–Crippen MR) is 72.4 cm³/mol. The summed E-state index contributed by atoms with van der Waals surface area (Å²) in [5, 5.41) is 3.07. The van der Waals surface area contributed by atoms with Crippen LogP contribution in [0.5, 0.6) is 0 Å². The largest absolute Gasteiger partial charge is 0.347 e. The first kappa shape index (κ1) is 12.7. The number of rotatable bonds is 4. The SMILES string of the molecule is O=C(NCc1ncc[nH]1)C1(N2CCCC2)CCCC1. The van der Waals surface area contributed by atoms with Crippen LogP contribution >= 0.6 is 0 Å². The predicted octanol–water partition coefficient (Wildman–Crippen LogP) is 1.43. The molecular formula is C14H22N4O. The minimum atomic E-state index is -0.233. The lowest BCUT2D eigenvalue weighted by Crippen LogP contribution is -2.56. The first-order valence-electron chi connectivity index (χ1n) is 7.33. The third kappa shape index (κ3) is 2.39. The molecule has 2 fully saturated rings. The van der Waals surface area contributed by atoms with E-state index in [4.69, 9.17) is 0 Å². The molecule has 1 saturated carbocycles. The molecule has 5 heteroatoms. The molecule has 3 rings (SSSR count). The average molecular weight is 262 g/mol. The number of nitrogens with zero attached hydrogens (tertiary/aromatic N) is 2. The number of carbonyl (C=O) groups excluding carboxylic acids is 1. The van der Waals surface area contributed by atoms with E-state index >= 15 is 0 Å². The Morgan fingerprint density at radius 2 is 2.05 bits per heavy atom. The van der Waals surface area contributed by atoms with Crippen LogP contribution in [0.25, 0.3) is 0 Å². The second-order valence-corrected chi connectivity index (χ2v) is 5.65. The zero-order valence-corrected chi connectivity index (χ0v) is 11.3. The highest BCUT2D eigenvalue weighted by Crippen LogP contribution is 2.37. The van der Waals surface area contributed by atoms with Crippen molar-refractivity contribution in [3.63, 3.8) is 0 Å². The van der Waals surface area contributed by atoms with Gasteiger partial charge in [-0.05, 0) is 38.8 Å². The summed E-state index contributed by atoms with van der Waals surface area (Å²) in [5.41, 5.74) is -0.233. The number of nitrogens with one attached hydrogen (secondary N) is 2. The van der Waals surface area contributed by atoms with Crippen LogP contribution in [0.3, 0.4) is 0 Å². The molecule has 2 heterocycles. The Bertz CT molecular complexity index is 417. The van der Waals surface area contributed by atoms with Crippen LogP contribution in [0.2, 0.25) is 0 Å². The van der Waals surface area contributed by atoms with Gasteiger partial charge in [-0.15, -0.1) is 0 Å². The number of hydrogen-bond acceptors (Lipinski definition) is 3. The van der Waals surface area contributed by atoms with Crippen LogP contribution in [0, 0.1) is 0 Å². The van der Waals surface area contributed by atoms with Gasteiger partial charge in [-0.2, -0.15) is 0 Å². The van der Waals surface area contributed by atoms with Crippen LogP contribution < -0.4 is 5.32 Å². The van der Waals surface area contributed by atoms with Crippen molar-refractivity contribution in [2.45, 2.75) is 50.6 Å². The lowest BCUT2D eigenvalue weighted by atomic mass is 9.94. The Kier molecular flexibility index (Phi) is 3.55. The molecule has 104 valence electrons. The molecule has 1 aliphatic heterocycles. The summed E-state index contributed by atoms with van der Waals surface area (Å²) < 4.78 is 0. The normalized spacial score (nSPS) is 22.7. The third-order valence-electron chi connectivity index (χ3n) is 4.54. The van der Waals surface area contributed by atoms with Crippen LogP contribution in [0.1, 0.15) is 44.3 Å². The molecular weight excluding hydrogens is 240 g/mol. The number of H-pyrrole nitrogens is 1. The number of carbonyl (C=O) groups is 1. The van der Waals surface area contributed by atoms with Crippen molar-refractivity contribution >= 4 is 5.91 Å². The van der Waals surface area contributed by atoms with E-state index in [2.05, 4.69) is 20.2 Å². The van der Waals surface area contributed by atoms with Crippen LogP contribution in [0.4, 0.5) is 0 Å². The van der Waals surface area contributed by atoms with Crippen molar-refractivity contribution in [3.8, 4) is 0 Å². The maximum absolute atomic E-state index is 12.7. The number of imidazole rings is 1. The second kappa shape index (κ2) is 5.33. The number of likely N-dealkylation sites (tertiary alicyclic amines) is 1. The summed E-state index contributed by atoms with van der Waals surface area (Å²) in [6.45, 7) is 2.66. The molecule has 0 unspecified atom stereocenters. The standard InChI is InChI=1S/C14H22N4O/c19-13(17-11-12-15-7-8-16-12)14(5-1-2-6-14)18-9-3-4-10-18/h7-8H,1-6,9-11H2,(H,15,16)(H,17,19). The fraction of sp³-hybridized carbons (Fsp3) is 0.714. The number of hydrogen-bond donors (Lipinski definition) is 2. The Morgan fingerprint density at radius 3 is 2.68 bits per heavy atom. The minimum Gasteiger partial charge on any atom is -0.347 e. The van der Waals surface area contributed by atoms with E-state index in [0.29, 0.717) is 6.54 Å². The smallest absolute Gasteiger partial charge is 0.240 e. The minimum absolute atomic E-state index is 0.198. The number of aromatic amines is 1. The van der Waals surface area contributed by atoms with E-state index in [-0.39, 0.29) is 11.4 Å². The van der Waals surface area contributed by atoms with Crippen molar-refractivity contribution in [1.82, 2.24) is 20.2 Å². The summed E-state index contributed by atoms with van der Waals surface area (Å²) in [6, 6.07) is 0. The Hall–Kier alpha value is -1.36. The van der Waals surface area contributed by atoms with E-state index in [9.17, 15) is 4.79 Å². The highest BCUT2D eigenvalue weighted by molar-refractivity contribution is 5.86. The van der Waals surface area contributed by atoms with E-state index in [1.54, 1.807) is 12.4 Å². The maximum atomic E-state index is 12.7. The number of aromatic nitrogens is 2. The van der Waals surface area contributed by atoms with Gasteiger partial charge in [0.2, 0.25) is 5.91 Å². The highest BCUT2D eigenvalue weighted by Gasteiger charge is 2.46. The molecule has 1 aliphatic carbocycles. The van der Waals surface area contributed by atoms with Gasteiger partial charge < -0.3 is 10.3 Å². The highest BCUT2D eigenvalue weighted by atomic mass is 16.2. The summed E-state index contributed by atoms with van der Waals surface area (Å²) >= 11 is 0. The molecule has 1 amide bonds. The van der Waals surface area contributed by atoms with Crippen molar-refractivity contribution in [2.75, 3.05) is 13.1 Å². The Labute approximate surface area is 113 Å². The molecule has 0 atom stereocenters. The lowest BCUT2D eigenvalue weighted by Gasteiger charge is -2.37. The molecule has 2 aliphatic rings. The van der Waals surface area contributed by atoms with Crippen molar-refractivity contribution in [1.29, 1.82) is 0 Å². The first-order valence-corrected chi connectivity index (χ1v) is 7.33. The topological polar surface area (TPSA) is 61.0 Å². The maximum Gasteiger partial charge on any atom is 0.240 e. The number of amides is 1. The summed E-state index contributed by atoms with van der Waals surface area (Å²) in [4.78, 5) is 22.2. The monoisotopic (exact) mass is 262 g/mol. The summed E-state index contributed by atoms with van der Waals surface area (Å²) in [6.07, 6.45) is 10.3. The summed E-state index contributed by atoms with van der Waals surface area (Å²) in [5.74, 6) is 1.02. The molecule has 0 aromatic carbocycles. The van der Waals surface area contributed by atoms with Crippen molar-refractivity contribution in [2.24, 2.45) is 0 Å². The fourth-order valence-electron chi connectivity index (χ4n) is 3.52. The third-order valence-corrected chi connectivity index (χ3v) is 4.54. The van der Waals surface area contributed by atoms with Gasteiger partial charge >= 0.3 is 0 Å². The molecule has 1 aromatic heterocycles. The molecule has 2 N–H and O–H groups in total. The van der Waals surface area contributed by atoms with Crippen LogP contribution in [0.15, 0.2) is 12.4 Å². The van der Waals surface area contributed by atoms with Crippen molar-refractivity contribution < 1.29 is 4.79 Å². The van der Waals surface area contributed by atoms with Gasteiger partial charge in [0.05, 0.1) is 6.54 Å². The van der Waals surface area contributed by atoms with Crippen LogP contribution in [-0.2, 0) is 11.3 Å². The van der Waals surface area contributed by atoms with Gasteiger partial charge in [-0.1, -0.05) is 12.8 Å². The van der Waals surface area contributed by atoms with E-state index in [0.717, 1.165) is 31.8 Å². The Balaban J connectivity index is 1.67. The molecule has 0 radical (unpaired) electrons. The van der Waals surface area contributed by atoms with E-state index in [1.165, 1.54) is 25.7 Å². The second-order valence-electron chi connectivity index (χ2n) is 5.65. The zero-order chi connectivity index (χ0) is 13.1. The molecule has 1 aromatic rings. The molecule has 1 saturated heterocycles. The van der Waals surface area contributed by atoms with Gasteiger partial charge in [0, 0.05) is 12.4 Å². The van der Waals surface area contributed by atoms with Gasteiger partial charge in [0.1, 0.15) is 11.4 Å².